The van der Waals surface area contributed by atoms with Gasteiger partial charge in [0.2, 0.25) is 0 Å². The van der Waals surface area contributed by atoms with Crippen molar-refractivity contribution in [2.45, 2.75) is 13.3 Å². The Morgan fingerprint density at radius 1 is 1.16 bits per heavy atom. The number of nitrogens with zero attached hydrogens (tertiary/aromatic N) is 4. The summed E-state index contributed by atoms with van der Waals surface area (Å²) < 4.78 is 5.44. The molecule has 2 N–H and O–H groups in total. The number of pyridine rings is 1. The van der Waals surface area contributed by atoms with Crippen LogP contribution in [-0.4, -0.2) is 74.8 Å². The van der Waals surface area contributed by atoms with Crippen LogP contribution in [0.1, 0.15) is 23.7 Å². The fourth-order valence-corrected chi connectivity index (χ4v) is 3.64. The summed E-state index contributed by atoms with van der Waals surface area (Å²) >= 11 is 0. The average Bonchev–Trinajstić information content (AvgIpc) is 2.77. The van der Waals surface area contributed by atoms with E-state index in [-0.39, 0.29) is 24.1 Å². The van der Waals surface area contributed by atoms with E-state index in [0.29, 0.717) is 11.3 Å². The van der Waals surface area contributed by atoms with E-state index in [1.54, 1.807) is 44.4 Å². The summed E-state index contributed by atoms with van der Waals surface area (Å²) in [6.45, 7) is 6.04. The van der Waals surface area contributed by atoms with Crippen LogP contribution in [0.2, 0.25) is 0 Å². The van der Waals surface area contributed by atoms with Gasteiger partial charge in [-0.2, -0.15) is 0 Å². The topological polar surface area (TPSA) is 81.2 Å². The van der Waals surface area contributed by atoms with Crippen LogP contribution in [0.4, 0.5) is 17.1 Å². The molecule has 0 aliphatic carbocycles. The van der Waals surface area contributed by atoms with E-state index in [9.17, 15) is 9.90 Å². The predicted molar refractivity (Wildman–Crippen MR) is 127 cm³/mol. The number of phenols is 1. The van der Waals surface area contributed by atoms with Gasteiger partial charge in [-0.1, -0.05) is 6.92 Å². The van der Waals surface area contributed by atoms with Gasteiger partial charge < -0.3 is 29.9 Å². The average molecular weight is 450 g/mol. The van der Waals surface area contributed by atoms with Crippen LogP contribution in [0.3, 0.4) is 0 Å². The molecule has 170 valence electrons. The maximum absolute atomic E-state index is 12.7. The molecule has 0 unspecified atom stereocenters. The third-order valence-electron chi connectivity index (χ3n) is 5.24. The summed E-state index contributed by atoms with van der Waals surface area (Å²) in [4.78, 5) is 23.1. The highest BCUT2D eigenvalue weighted by atomic mass is 35.5. The van der Waals surface area contributed by atoms with Gasteiger partial charge in [0, 0.05) is 59.1 Å². The SMILES string of the molecule is CCCNc1c(C(=O)N(C)C)cncc1N1CCN(c2ccc(O)cc2OC)CC1.Cl. The minimum atomic E-state index is -0.0598. The van der Waals surface area contributed by atoms with E-state index >= 15 is 0 Å². The first kappa shape index (κ1) is 24.4. The van der Waals surface area contributed by atoms with Crippen LogP contribution in [0, 0.1) is 0 Å². The van der Waals surface area contributed by atoms with Crippen molar-refractivity contribution in [1.29, 1.82) is 0 Å². The van der Waals surface area contributed by atoms with Crippen LogP contribution in [0.15, 0.2) is 30.6 Å². The van der Waals surface area contributed by atoms with E-state index < -0.39 is 0 Å². The Labute approximate surface area is 190 Å². The molecule has 31 heavy (non-hydrogen) atoms. The summed E-state index contributed by atoms with van der Waals surface area (Å²) in [7, 11) is 5.12. The Hall–Kier alpha value is -2.87. The van der Waals surface area contributed by atoms with Crippen molar-refractivity contribution in [3.63, 3.8) is 0 Å². The van der Waals surface area contributed by atoms with Crippen molar-refractivity contribution in [3.05, 3.63) is 36.2 Å². The van der Waals surface area contributed by atoms with Crippen molar-refractivity contribution in [3.8, 4) is 11.5 Å². The van der Waals surface area contributed by atoms with Crippen molar-refractivity contribution in [2.24, 2.45) is 0 Å². The lowest BCUT2D eigenvalue weighted by atomic mass is 10.1. The van der Waals surface area contributed by atoms with E-state index in [4.69, 9.17) is 4.74 Å². The van der Waals surface area contributed by atoms with Gasteiger partial charge in [0.15, 0.2) is 0 Å². The van der Waals surface area contributed by atoms with Gasteiger partial charge in [0.1, 0.15) is 11.5 Å². The van der Waals surface area contributed by atoms with Crippen molar-refractivity contribution in [2.75, 3.05) is 69.0 Å². The molecule has 3 rings (SSSR count). The van der Waals surface area contributed by atoms with Crippen LogP contribution in [-0.2, 0) is 0 Å². The number of carbonyl (C=O) groups is 1. The molecule has 0 bridgehead atoms. The second kappa shape index (κ2) is 10.9. The predicted octanol–water partition coefficient (Wildman–Crippen LogP) is 3.07. The van der Waals surface area contributed by atoms with Gasteiger partial charge >= 0.3 is 0 Å². The molecule has 9 heteroatoms. The third-order valence-corrected chi connectivity index (χ3v) is 5.24. The Morgan fingerprint density at radius 2 is 1.81 bits per heavy atom. The Morgan fingerprint density at radius 3 is 2.39 bits per heavy atom. The molecule has 2 aromatic rings. The number of piperazine rings is 1. The molecule has 0 radical (unpaired) electrons. The van der Waals surface area contributed by atoms with Crippen molar-refractivity contribution >= 4 is 35.4 Å². The molecule has 1 aliphatic rings. The second-order valence-corrected chi connectivity index (χ2v) is 7.54. The Balaban J connectivity index is 0.00000341. The zero-order valence-electron chi connectivity index (χ0n) is 18.6. The summed E-state index contributed by atoms with van der Waals surface area (Å²) in [6, 6.07) is 5.20. The second-order valence-electron chi connectivity index (χ2n) is 7.54. The maximum atomic E-state index is 12.7. The number of phenolic OH excluding ortho intramolecular Hbond substituents is 1. The third kappa shape index (κ3) is 5.44. The smallest absolute Gasteiger partial charge is 0.257 e. The van der Waals surface area contributed by atoms with Gasteiger partial charge in [-0.25, -0.2) is 0 Å². The number of halogens is 1. The number of benzene rings is 1. The molecule has 1 aromatic heterocycles. The number of hydrogen-bond donors (Lipinski definition) is 2. The molecule has 1 aromatic carbocycles. The number of methoxy groups -OCH3 is 1. The van der Waals surface area contributed by atoms with E-state index in [1.807, 2.05) is 12.3 Å². The summed E-state index contributed by atoms with van der Waals surface area (Å²) in [6.07, 6.45) is 4.44. The van der Waals surface area contributed by atoms with Crippen LogP contribution in [0.25, 0.3) is 0 Å². The van der Waals surface area contributed by atoms with Gasteiger partial charge in [0.25, 0.3) is 5.91 Å². The van der Waals surface area contributed by atoms with E-state index in [2.05, 4.69) is 27.0 Å². The molecule has 0 saturated carbocycles. The number of amides is 1. The monoisotopic (exact) mass is 449 g/mol. The van der Waals surface area contributed by atoms with Gasteiger partial charge in [-0.15, -0.1) is 12.4 Å². The fourth-order valence-electron chi connectivity index (χ4n) is 3.64. The summed E-state index contributed by atoms with van der Waals surface area (Å²) in [5.41, 5.74) is 3.36. The Kier molecular flexibility index (Phi) is 8.62. The number of nitrogens with one attached hydrogen (secondary N) is 1. The quantitative estimate of drug-likeness (QED) is 0.672. The highest BCUT2D eigenvalue weighted by Gasteiger charge is 2.25. The Bertz CT molecular complexity index is 885. The molecular weight excluding hydrogens is 418 g/mol. The largest absolute Gasteiger partial charge is 0.508 e. The lowest BCUT2D eigenvalue weighted by Gasteiger charge is -2.38. The number of rotatable bonds is 7. The zero-order valence-corrected chi connectivity index (χ0v) is 19.4. The van der Waals surface area contributed by atoms with Crippen molar-refractivity contribution < 1.29 is 14.6 Å². The number of ether oxygens (including phenoxy) is 1. The minimum absolute atomic E-state index is 0. The first-order valence-electron chi connectivity index (χ1n) is 10.3. The maximum Gasteiger partial charge on any atom is 0.257 e. The molecule has 1 saturated heterocycles. The van der Waals surface area contributed by atoms with Crippen LogP contribution >= 0.6 is 12.4 Å². The van der Waals surface area contributed by atoms with Gasteiger partial charge in [-0.05, 0) is 18.6 Å². The first-order valence-corrected chi connectivity index (χ1v) is 10.3. The number of hydrogen-bond acceptors (Lipinski definition) is 7. The number of aromatic hydroxyl groups is 1. The normalized spacial score (nSPS) is 13.4. The standard InChI is InChI=1S/C22H31N5O3.ClH/c1-5-8-24-21-17(22(29)25(2)3)14-23-15-19(21)27-11-9-26(10-12-27)18-7-6-16(28)13-20(18)30-4;/h6-7,13-15,28H,5,8-12H2,1-4H3,(H,23,24);1H. The van der Waals surface area contributed by atoms with E-state index in [0.717, 1.165) is 56.2 Å². The molecule has 1 fully saturated rings. The fraction of sp³-hybridized carbons (Fsp3) is 0.455. The molecule has 0 spiro atoms. The molecule has 0 atom stereocenters. The van der Waals surface area contributed by atoms with Gasteiger partial charge in [0.05, 0.1) is 35.9 Å². The first-order chi connectivity index (χ1) is 14.5. The minimum Gasteiger partial charge on any atom is -0.508 e. The highest BCUT2D eigenvalue weighted by Crippen LogP contribution is 2.34. The highest BCUT2D eigenvalue weighted by molar-refractivity contribution is 6.02. The zero-order chi connectivity index (χ0) is 21.7. The van der Waals surface area contributed by atoms with Crippen LogP contribution < -0.4 is 19.9 Å². The molecule has 1 aliphatic heterocycles. The van der Waals surface area contributed by atoms with Crippen LogP contribution in [0.5, 0.6) is 11.5 Å². The summed E-state index contributed by atoms with van der Waals surface area (Å²) in [5, 5.41) is 13.2. The lowest BCUT2D eigenvalue weighted by molar-refractivity contribution is 0.0828. The summed E-state index contributed by atoms with van der Waals surface area (Å²) in [5.74, 6) is 0.790. The lowest BCUT2D eigenvalue weighted by Crippen LogP contribution is -2.47. The van der Waals surface area contributed by atoms with E-state index in [1.165, 1.54) is 0 Å². The molecule has 2 heterocycles. The number of aromatic nitrogens is 1. The number of anilines is 3. The molecule has 8 nitrogen and oxygen atoms in total. The van der Waals surface area contributed by atoms with Gasteiger partial charge in [-0.3, -0.25) is 9.78 Å². The molecule has 1 amide bonds. The van der Waals surface area contributed by atoms with Crippen molar-refractivity contribution in [1.82, 2.24) is 9.88 Å². The number of carbonyl (C=O) groups excluding carboxylic acids is 1. The molecular formula is C22H32ClN5O3.